The zero-order valence-corrected chi connectivity index (χ0v) is 8.53. The summed E-state index contributed by atoms with van der Waals surface area (Å²) < 4.78 is 13.1. The Morgan fingerprint density at radius 1 is 1.69 bits per heavy atom. The van der Waals surface area contributed by atoms with Gasteiger partial charge in [0, 0.05) is 27.5 Å². The van der Waals surface area contributed by atoms with Gasteiger partial charge in [-0.3, -0.25) is 0 Å². The second kappa shape index (κ2) is 4.31. The summed E-state index contributed by atoms with van der Waals surface area (Å²) in [6.07, 6.45) is 3.64. The van der Waals surface area contributed by atoms with Gasteiger partial charge in [0.1, 0.15) is 0 Å². The molecule has 0 saturated carbocycles. The third-order valence-electron chi connectivity index (χ3n) is 1.25. The molecule has 0 aliphatic heterocycles. The third-order valence-corrected chi connectivity index (χ3v) is 2.19. The monoisotopic (exact) mass is 293 g/mol. The van der Waals surface area contributed by atoms with Gasteiger partial charge in [0.25, 0.3) is 0 Å². The topological polar surface area (TPSA) is 50.2 Å². The van der Waals surface area contributed by atoms with E-state index < -0.39 is 11.9 Å². The van der Waals surface area contributed by atoms with Crippen molar-refractivity contribution in [2.45, 2.75) is 0 Å². The molecule has 1 aromatic heterocycles. The van der Waals surface area contributed by atoms with Crippen LogP contribution < -0.4 is 0 Å². The Bertz CT molecular complexity index is 365. The van der Waals surface area contributed by atoms with Crippen LogP contribution in [0.3, 0.4) is 0 Å². The smallest absolute Gasteiger partial charge is 0.328 e. The molecule has 0 aliphatic rings. The minimum Gasteiger partial charge on any atom is -0.478 e. The standard InChI is InChI=1S/C8H5FINO2/c9-7-3-6(10)5(4-11-7)1-2-8(12)13/h1-4H,(H,12,13)/b2-1+. The van der Waals surface area contributed by atoms with Crippen LogP contribution in [0.1, 0.15) is 5.56 Å². The Kier molecular flexibility index (Phi) is 3.35. The summed E-state index contributed by atoms with van der Waals surface area (Å²) in [7, 11) is 0. The van der Waals surface area contributed by atoms with E-state index in [9.17, 15) is 9.18 Å². The van der Waals surface area contributed by atoms with E-state index in [-0.39, 0.29) is 0 Å². The number of carboxylic acid groups (broad SMARTS) is 1. The van der Waals surface area contributed by atoms with Gasteiger partial charge < -0.3 is 5.11 Å². The molecular formula is C8H5FINO2. The maximum atomic E-state index is 12.5. The molecule has 0 saturated heterocycles. The van der Waals surface area contributed by atoms with Crippen LogP contribution in [0.5, 0.6) is 0 Å². The molecule has 1 aromatic rings. The third kappa shape index (κ3) is 3.10. The highest BCUT2D eigenvalue weighted by molar-refractivity contribution is 14.1. The van der Waals surface area contributed by atoms with Gasteiger partial charge in [0.2, 0.25) is 5.95 Å². The summed E-state index contributed by atoms with van der Waals surface area (Å²) in [4.78, 5) is 13.6. The predicted octanol–water partition coefficient (Wildman–Crippen LogP) is 1.92. The van der Waals surface area contributed by atoms with Gasteiger partial charge in [-0.05, 0) is 28.7 Å². The first-order chi connectivity index (χ1) is 6.09. The summed E-state index contributed by atoms with van der Waals surface area (Å²) >= 11 is 1.91. The van der Waals surface area contributed by atoms with E-state index >= 15 is 0 Å². The lowest BCUT2D eigenvalue weighted by atomic mass is 10.2. The first kappa shape index (κ1) is 10.1. The molecule has 0 unspecified atom stereocenters. The molecule has 0 atom stereocenters. The minimum atomic E-state index is -1.04. The van der Waals surface area contributed by atoms with Crippen LogP contribution in [0.25, 0.3) is 6.08 Å². The molecular weight excluding hydrogens is 288 g/mol. The molecule has 0 bridgehead atoms. The Balaban J connectivity index is 2.96. The molecule has 13 heavy (non-hydrogen) atoms. The number of halogens is 2. The molecule has 0 aliphatic carbocycles. The van der Waals surface area contributed by atoms with Crippen molar-refractivity contribution in [3.8, 4) is 0 Å². The number of aliphatic carboxylic acids is 1. The highest BCUT2D eigenvalue weighted by Gasteiger charge is 1.99. The van der Waals surface area contributed by atoms with Crippen molar-refractivity contribution in [1.29, 1.82) is 0 Å². The number of hydrogen-bond donors (Lipinski definition) is 1. The van der Waals surface area contributed by atoms with Crippen molar-refractivity contribution in [1.82, 2.24) is 4.98 Å². The van der Waals surface area contributed by atoms with E-state index in [1.165, 1.54) is 18.3 Å². The summed E-state index contributed by atoms with van der Waals surface area (Å²) in [6.45, 7) is 0. The second-order valence-corrected chi connectivity index (χ2v) is 3.36. The fraction of sp³-hybridized carbons (Fsp3) is 0. The summed E-state index contributed by atoms with van der Waals surface area (Å²) in [5, 5.41) is 8.34. The number of hydrogen-bond acceptors (Lipinski definition) is 2. The molecule has 1 heterocycles. The van der Waals surface area contributed by atoms with Crippen LogP contribution in [-0.2, 0) is 4.79 Å². The zero-order valence-electron chi connectivity index (χ0n) is 6.37. The Morgan fingerprint density at radius 2 is 2.38 bits per heavy atom. The van der Waals surface area contributed by atoms with Gasteiger partial charge in [0.05, 0.1) is 0 Å². The number of carboxylic acids is 1. The summed E-state index contributed by atoms with van der Waals surface area (Å²) in [6, 6.07) is 1.24. The molecule has 3 nitrogen and oxygen atoms in total. The average Bonchev–Trinajstić information content (AvgIpc) is 2.02. The lowest BCUT2D eigenvalue weighted by Crippen LogP contribution is -1.90. The molecule has 68 valence electrons. The number of aromatic nitrogens is 1. The fourth-order valence-electron chi connectivity index (χ4n) is 0.702. The van der Waals surface area contributed by atoms with Gasteiger partial charge in [-0.15, -0.1) is 0 Å². The van der Waals surface area contributed by atoms with Crippen LogP contribution in [0.15, 0.2) is 18.3 Å². The number of nitrogens with zero attached hydrogens (tertiary/aromatic N) is 1. The molecule has 0 spiro atoms. The van der Waals surface area contributed by atoms with E-state index in [1.807, 2.05) is 22.6 Å². The zero-order chi connectivity index (χ0) is 9.84. The normalized spacial score (nSPS) is 10.6. The van der Waals surface area contributed by atoms with Crippen molar-refractivity contribution < 1.29 is 14.3 Å². The fourth-order valence-corrected chi connectivity index (χ4v) is 1.28. The lowest BCUT2D eigenvalue weighted by molar-refractivity contribution is -0.131. The molecule has 0 fully saturated rings. The molecule has 1 N–H and O–H groups in total. The van der Waals surface area contributed by atoms with Gasteiger partial charge in [0.15, 0.2) is 0 Å². The van der Waals surface area contributed by atoms with E-state index in [0.29, 0.717) is 9.13 Å². The van der Waals surface area contributed by atoms with Crippen LogP contribution >= 0.6 is 22.6 Å². The average molecular weight is 293 g/mol. The van der Waals surface area contributed by atoms with Crippen LogP contribution in [0.4, 0.5) is 4.39 Å². The van der Waals surface area contributed by atoms with E-state index in [4.69, 9.17) is 5.11 Å². The van der Waals surface area contributed by atoms with Crippen LogP contribution in [-0.4, -0.2) is 16.1 Å². The van der Waals surface area contributed by atoms with Gasteiger partial charge >= 0.3 is 5.97 Å². The largest absolute Gasteiger partial charge is 0.478 e. The highest BCUT2D eigenvalue weighted by Crippen LogP contribution is 2.13. The van der Waals surface area contributed by atoms with Crippen molar-refractivity contribution >= 4 is 34.6 Å². The molecule has 1 rings (SSSR count). The second-order valence-electron chi connectivity index (χ2n) is 2.20. The Labute approximate surface area is 87.4 Å². The summed E-state index contributed by atoms with van der Waals surface area (Å²) in [5.74, 6) is -1.61. The Hall–Kier alpha value is -0.980. The molecule has 0 aromatic carbocycles. The minimum absolute atomic E-state index is 0.572. The van der Waals surface area contributed by atoms with Gasteiger partial charge in [-0.2, -0.15) is 4.39 Å². The van der Waals surface area contributed by atoms with Crippen molar-refractivity contribution in [2.24, 2.45) is 0 Å². The SMILES string of the molecule is O=C(O)/C=C/c1cnc(F)cc1I. The molecule has 0 amide bonds. The number of carbonyl (C=O) groups is 1. The lowest BCUT2D eigenvalue weighted by Gasteiger charge is -1.95. The predicted molar refractivity (Wildman–Crippen MR) is 53.6 cm³/mol. The van der Waals surface area contributed by atoms with Gasteiger partial charge in [-0.25, -0.2) is 9.78 Å². The highest BCUT2D eigenvalue weighted by atomic mass is 127. The quantitative estimate of drug-likeness (QED) is 0.515. The molecule has 5 heteroatoms. The maximum absolute atomic E-state index is 12.5. The van der Waals surface area contributed by atoms with E-state index in [0.717, 1.165) is 6.08 Å². The number of pyridine rings is 1. The summed E-state index contributed by atoms with van der Waals surface area (Å²) in [5.41, 5.74) is 0.587. The van der Waals surface area contributed by atoms with Crippen molar-refractivity contribution in [2.75, 3.05) is 0 Å². The first-order valence-electron chi connectivity index (χ1n) is 3.31. The van der Waals surface area contributed by atoms with Crippen LogP contribution in [0, 0.1) is 9.52 Å². The maximum Gasteiger partial charge on any atom is 0.328 e. The van der Waals surface area contributed by atoms with Crippen molar-refractivity contribution in [3.63, 3.8) is 0 Å². The first-order valence-corrected chi connectivity index (χ1v) is 4.39. The van der Waals surface area contributed by atoms with Crippen molar-refractivity contribution in [3.05, 3.63) is 33.4 Å². The van der Waals surface area contributed by atoms with E-state index in [1.54, 1.807) is 0 Å². The molecule has 0 radical (unpaired) electrons. The van der Waals surface area contributed by atoms with E-state index in [2.05, 4.69) is 4.98 Å². The number of rotatable bonds is 2. The van der Waals surface area contributed by atoms with Crippen LogP contribution in [0.2, 0.25) is 0 Å². The van der Waals surface area contributed by atoms with Gasteiger partial charge in [-0.1, -0.05) is 0 Å². The Morgan fingerprint density at radius 3 is 2.92 bits per heavy atom.